The van der Waals surface area contributed by atoms with Crippen molar-refractivity contribution >= 4 is 63.1 Å². The highest BCUT2D eigenvalue weighted by Crippen LogP contribution is 2.33. The van der Waals surface area contributed by atoms with Crippen LogP contribution in [0.5, 0.6) is 5.75 Å². The largest absolute Gasteiger partial charge is 0.487 e. The number of thiophene rings is 1. The molecular weight excluding hydrogens is 500 g/mol. The second-order valence-electron chi connectivity index (χ2n) is 6.76. The summed E-state index contributed by atoms with van der Waals surface area (Å²) in [6.07, 6.45) is 1.46. The number of hydrogen-bond acceptors (Lipinski definition) is 6. The Hall–Kier alpha value is -3.58. The average Bonchev–Trinajstić information content (AvgIpc) is 3.20. The van der Waals surface area contributed by atoms with Gasteiger partial charge in [0.1, 0.15) is 24.5 Å². The molecule has 2 amide bonds. The molecule has 11 heteroatoms. The second kappa shape index (κ2) is 11.5. The maximum atomic E-state index is 13.3. The molecule has 0 aliphatic rings. The minimum absolute atomic E-state index is 0. The Morgan fingerprint density at radius 3 is 2.82 bits per heavy atom. The Balaban J connectivity index is 0.00000324. The van der Waals surface area contributed by atoms with Crippen molar-refractivity contribution in [2.24, 2.45) is 5.73 Å². The number of anilines is 2. The number of nitrogens with zero attached hydrogens (tertiary/aromatic N) is 2. The molecule has 7 nitrogen and oxygen atoms in total. The van der Waals surface area contributed by atoms with Gasteiger partial charge in [0.15, 0.2) is 5.82 Å². The maximum Gasteiger partial charge on any atom is 0.312 e. The van der Waals surface area contributed by atoms with Gasteiger partial charge in [-0.3, -0.25) is 0 Å². The van der Waals surface area contributed by atoms with Crippen LogP contribution in [0.4, 0.5) is 20.7 Å². The molecule has 0 fully saturated rings. The lowest BCUT2D eigenvalue weighted by atomic mass is 10.2. The third kappa shape index (κ3) is 6.48. The number of aromatic nitrogens is 2. The molecule has 174 valence electrons. The molecule has 0 saturated heterocycles. The molecule has 4 N–H and O–H groups in total. The van der Waals surface area contributed by atoms with Crippen molar-refractivity contribution in [1.29, 1.82) is 0 Å². The molecule has 0 spiro atoms. The highest BCUT2D eigenvalue weighted by atomic mass is 35.5. The Bertz CT molecular complexity index is 1390. The highest BCUT2D eigenvalue weighted by molar-refractivity contribution is 7.20. The minimum atomic E-state index is -0.623. The third-order valence-corrected chi connectivity index (χ3v) is 5.69. The first-order chi connectivity index (χ1) is 16.0. The fourth-order valence-electron chi connectivity index (χ4n) is 2.89. The van der Waals surface area contributed by atoms with E-state index in [-0.39, 0.29) is 31.4 Å². The number of hydrogen-bond donors (Lipinski definition) is 3. The quantitative estimate of drug-likeness (QED) is 0.303. The van der Waals surface area contributed by atoms with Crippen LogP contribution in [0.1, 0.15) is 10.4 Å². The number of nitrogens with two attached hydrogens (primary N) is 1. The van der Waals surface area contributed by atoms with Gasteiger partial charge in [-0.25, -0.2) is 19.2 Å². The normalized spacial score (nSPS) is 10.1. The van der Waals surface area contributed by atoms with Gasteiger partial charge in [0, 0.05) is 5.69 Å². The van der Waals surface area contributed by atoms with Gasteiger partial charge >= 0.3 is 6.03 Å². The van der Waals surface area contributed by atoms with E-state index < -0.39 is 6.03 Å². The van der Waals surface area contributed by atoms with Crippen molar-refractivity contribution in [3.63, 3.8) is 0 Å². The van der Waals surface area contributed by atoms with Crippen molar-refractivity contribution in [1.82, 2.24) is 15.3 Å². The second-order valence-corrected chi connectivity index (χ2v) is 8.22. The highest BCUT2D eigenvalue weighted by Gasteiger charge is 2.10. The number of primary amides is 1. The predicted octanol–water partition coefficient (Wildman–Crippen LogP) is 5.25. The summed E-state index contributed by atoms with van der Waals surface area (Å²) < 4.78 is 19.9. The van der Waals surface area contributed by atoms with Crippen molar-refractivity contribution in [2.45, 2.75) is 6.61 Å². The van der Waals surface area contributed by atoms with Crippen LogP contribution in [0.2, 0.25) is 5.02 Å². The summed E-state index contributed by atoms with van der Waals surface area (Å²) in [5, 5.41) is 6.06. The lowest BCUT2D eigenvalue weighted by Crippen LogP contribution is -2.29. The first-order valence-corrected chi connectivity index (χ1v) is 10.9. The van der Waals surface area contributed by atoms with E-state index in [0.717, 1.165) is 15.1 Å². The molecular formula is C23H18Cl2FN5O2S. The van der Waals surface area contributed by atoms with Gasteiger partial charge in [0.2, 0.25) is 0 Å². The number of fused-ring (bicyclic) bond motifs is 1. The molecule has 4 rings (SSSR count). The number of urea groups is 1. The van der Waals surface area contributed by atoms with Crippen LogP contribution < -0.4 is 21.1 Å². The number of ether oxygens (including phenoxy) is 1. The Morgan fingerprint density at radius 1 is 1.21 bits per heavy atom. The standard InChI is InChI=1S/C23H17ClFN5O2S.ClH/c24-18-10-16(6-7-20(18)32-12-14-3-1-4-15(25)9-14)30-22-21-19(28-13-29-22)11-17(33-21)5-2-8-27-23(26)31;/h1,3-4,6-7,9-11,13H,8,12H2,(H3,26,27,31)(H,28,29,30);1H. The lowest BCUT2D eigenvalue weighted by molar-refractivity contribution is 0.250. The molecule has 4 aromatic rings. The van der Waals surface area contributed by atoms with Crippen molar-refractivity contribution in [2.75, 3.05) is 11.9 Å². The molecule has 2 aromatic carbocycles. The minimum Gasteiger partial charge on any atom is -0.487 e. The number of carbonyl (C=O) groups excluding carboxylic acids is 1. The summed E-state index contributed by atoms with van der Waals surface area (Å²) >= 11 is 7.81. The van der Waals surface area contributed by atoms with Crippen LogP contribution in [0.15, 0.2) is 54.9 Å². The van der Waals surface area contributed by atoms with Crippen LogP contribution in [0, 0.1) is 17.7 Å². The van der Waals surface area contributed by atoms with E-state index in [2.05, 4.69) is 32.4 Å². The predicted molar refractivity (Wildman–Crippen MR) is 135 cm³/mol. The summed E-state index contributed by atoms with van der Waals surface area (Å²) in [6.45, 7) is 0.358. The van der Waals surface area contributed by atoms with Gasteiger partial charge in [-0.15, -0.1) is 23.7 Å². The molecule has 0 bridgehead atoms. The van der Waals surface area contributed by atoms with Gasteiger partial charge in [-0.05, 0) is 42.0 Å². The molecule has 34 heavy (non-hydrogen) atoms. The van der Waals surface area contributed by atoms with E-state index in [9.17, 15) is 9.18 Å². The van der Waals surface area contributed by atoms with E-state index in [1.165, 1.54) is 29.8 Å². The summed E-state index contributed by atoms with van der Waals surface area (Å²) in [5.74, 6) is 6.58. The fourth-order valence-corrected chi connectivity index (χ4v) is 4.05. The number of amides is 2. The Morgan fingerprint density at radius 2 is 2.06 bits per heavy atom. The van der Waals surface area contributed by atoms with Crippen LogP contribution in [0.25, 0.3) is 10.2 Å². The zero-order valence-corrected chi connectivity index (χ0v) is 19.9. The number of benzene rings is 2. The molecule has 0 aliphatic heterocycles. The zero-order chi connectivity index (χ0) is 23.2. The lowest BCUT2D eigenvalue weighted by Gasteiger charge is -2.11. The molecule has 0 unspecified atom stereocenters. The molecule has 0 atom stereocenters. The topological polar surface area (TPSA) is 102 Å². The monoisotopic (exact) mass is 517 g/mol. The number of rotatable bonds is 6. The van der Waals surface area contributed by atoms with Crippen LogP contribution >= 0.6 is 35.3 Å². The summed E-state index contributed by atoms with van der Waals surface area (Å²) in [4.78, 5) is 20.1. The molecule has 0 aliphatic carbocycles. The van der Waals surface area contributed by atoms with Gasteiger partial charge in [-0.2, -0.15) is 0 Å². The third-order valence-electron chi connectivity index (χ3n) is 4.35. The summed E-state index contributed by atoms with van der Waals surface area (Å²) in [6, 6.07) is 12.7. The first-order valence-electron chi connectivity index (χ1n) is 9.68. The first kappa shape index (κ1) is 25.1. The van der Waals surface area contributed by atoms with Crippen LogP contribution in [-0.2, 0) is 6.61 Å². The zero-order valence-electron chi connectivity index (χ0n) is 17.5. The Kier molecular flexibility index (Phi) is 8.49. The number of halogens is 3. The van der Waals surface area contributed by atoms with E-state index in [0.29, 0.717) is 27.8 Å². The number of carbonyl (C=O) groups is 1. The summed E-state index contributed by atoms with van der Waals surface area (Å²) in [5.41, 5.74) is 7.18. The number of nitrogens with one attached hydrogen (secondary N) is 2. The molecule has 2 aromatic heterocycles. The van der Waals surface area contributed by atoms with Gasteiger partial charge < -0.3 is 21.1 Å². The van der Waals surface area contributed by atoms with E-state index in [4.69, 9.17) is 22.1 Å². The molecule has 0 radical (unpaired) electrons. The van der Waals surface area contributed by atoms with Crippen molar-refractivity contribution in [3.05, 3.63) is 76.1 Å². The van der Waals surface area contributed by atoms with Crippen molar-refractivity contribution < 1.29 is 13.9 Å². The smallest absolute Gasteiger partial charge is 0.312 e. The van der Waals surface area contributed by atoms with Crippen LogP contribution in [-0.4, -0.2) is 22.5 Å². The summed E-state index contributed by atoms with van der Waals surface area (Å²) in [7, 11) is 0. The Labute approximate surface area is 209 Å². The molecule has 0 saturated carbocycles. The van der Waals surface area contributed by atoms with E-state index in [1.54, 1.807) is 24.3 Å². The van der Waals surface area contributed by atoms with E-state index >= 15 is 0 Å². The van der Waals surface area contributed by atoms with Gasteiger partial charge in [0.05, 0.1) is 26.7 Å². The van der Waals surface area contributed by atoms with E-state index in [1.807, 2.05) is 12.1 Å². The van der Waals surface area contributed by atoms with Gasteiger partial charge in [-0.1, -0.05) is 35.6 Å². The SMILES string of the molecule is Cl.NC(=O)NCC#Cc1cc2ncnc(Nc3ccc(OCc4cccc(F)c4)c(Cl)c3)c2s1. The van der Waals surface area contributed by atoms with Gasteiger partial charge in [0.25, 0.3) is 0 Å². The fraction of sp³-hybridized carbons (Fsp3) is 0.0870. The van der Waals surface area contributed by atoms with Crippen molar-refractivity contribution in [3.8, 4) is 17.6 Å². The maximum absolute atomic E-state index is 13.3. The molecule has 2 heterocycles. The average molecular weight is 518 g/mol. The van der Waals surface area contributed by atoms with Crippen LogP contribution in [0.3, 0.4) is 0 Å².